The summed E-state index contributed by atoms with van der Waals surface area (Å²) in [4.78, 5) is 0. The average molecular weight is 400 g/mol. The zero-order valence-corrected chi connectivity index (χ0v) is 20.9. The number of hydrogen-bond donors (Lipinski definition) is 0. The minimum absolute atomic E-state index is 0.583. The van der Waals surface area contributed by atoms with Gasteiger partial charge in [-0.2, -0.15) is 0 Å². The topological polar surface area (TPSA) is 0 Å². The van der Waals surface area contributed by atoms with E-state index in [2.05, 4.69) is 27.7 Å². The molecule has 0 unspecified atom stereocenters. The van der Waals surface area contributed by atoms with Gasteiger partial charge in [0.1, 0.15) is 0 Å². The molecule has 0 spiro atoms. The normalized spacial score (nSPS) is 12.0. The van der Waals surface area contributed by atoms with Crippen LogP contribution in [-0.4, -0.2) is 24.6 Å². The van der Waals surface area contributed by atoms with E-state index in [4.69, 9.17) is 0 Å². The van der Waals surface area contributed by atoms with Gasteiger partial charge in [0, 0.05) is 7.26 Å². The predicted molar refractivity (Wildman–Crippen MR) is 132 cm³/mol. The van der Waals surface area contributed by atoms with E-state index in [1.807, 2.05) is 0 Å². The highest BCUT2D eigenvalue weighted by Crippen LogP contribution is 2.60. The molecule has 0 aromatic carbocycles. The van der Waals surface area contributed by atoms with Crippen molar-refractivity contribution in [2.45, 2.75) is 143 Å². The van der Waals surface area contributed by atoms with Gasteiger partial charge in [-0.3, -0.25) is 0 Å². The van der Waals surface area contributed by atoms with Crippen LogP contribution in [0.3, 0.4) is 0 Å². The van der Waals surface area contributed by atoms with Crippen LogP contribution in [0.15, 0.2) is 0 Å². The Kier molecular flexibility index (Phi) is 21.5. The van der Waals surface area contributed by atoms with Crippen LogP contribution in [0.25, 0.3) is 0 Å². The summed E-state index contributed by atoms with van der Waals surface area (Å²) in [7, 11) is -0.583. The van der Waals surface area contributed by atoms with Gasteiger partial charge in [-0.25, -0.2) is 0 Å². The van der Waals surface area contributed by atoms with Gasteiger partial charge in [-0.1, -0.05) is 111 Å². The third kappa shape index (κ3) is 17.0. The molecule has 0 fully saturated rings. The summed E-state index contributed by atoms with van der Waals surface area (Å²) in [6.07, 6.45) is 32.9. The Bertz CT molecular complexity index is 256. The van der Waals surface area contributed by atoms with Gasteiger partial charge in [-0.15, -0.1) is 0 Å². The second-order valence-electron chi connectivity index (χ2n) is 9.19. The van der Waals surface area contributed by atoms with Crippen LogP contribution in [0.5, 0.6) is 0 Å². The Morgan fingerprint density at radius 1 is 0.296 bits per heavy atom. The number of unbranched alkanes of at least 4 members (excludes halogenated alkanes) is 14. The number of hydrogen-bond acceptors (Lipinski definition) is 0. The molecule has 0 rings (SSSR count). The van der Waals surface area contributed by atoms with Gasteiger partial charge >= 0.3 is 0 Å². The molecule has 0 bridgehead atoms. The van der Waals surface area contributed by atoms with E-state index in [9.17, 15) is 0 Å². The Balaban J connectivity index is 3.49. The van der Waals surface area contributed by atoms with Gasteiger partial charge in [0.2, 0.25) is 0 Å². The first-order chi connectivity index (χ1) is 13.2. The Hall–Kier alpha value is 0.430. The summed E-state index contributed by atoms with van der Waals surface area (Å²) in [5, 5.41) is 0. The van der Waals surface area contributed by atoms with Gasteiger partial charge in [0.25, 0.3) is 0 Å². The summed E-state index contributed by atoms with van der Waals surface area (Å²) in [5.74, 6) is 0. The molecule has 1 heteroatoms. The molecule has 0 aliphatic rings. The Labute approximate surface area is 175 Å². The minimum atomic E-state index is -0.583. The van der Waals surface area contributed by atoms with Gasteiger partial charge in [0.15, 0.2) is 0 Å². The van der Waals surface area contributed by atoms with Crippen molar-refractivity contribution in [3.8, 4) is 0 Å². The first-order valence-corrected chi connectivity index (χ1v) is 15.6. The first-order valence-electron chi connectivity index (χ1n) is 13.1. The van der Waals surface area contributed by atoms with Crippen molar-refractivity contribution in [2.75, 3.05) is 24.6 Å². The van der Waals surface area contributed by atoms with Crippen molar-refractivity contribution < 1.29 is 0 Å². The molecule has 0 aromatic heterocycles. The van der Waals surface area contributed by atoms with E-state index < -0.39 is 7.26 Å². The molecule has 0 saturated heterocycles. The average Bonchev–Trinajstić information content (AvgIpc) is 2.65. The largest absolute Gasteiger partial charge is 0.0654 e. The van der Waals surface area contributed by atoms with Gasteiger partial charge in [-0.05, 0) is 32.1 Å². The fourth-order valence-electron chi connectivity index (χ4n) is 4.91. The van der Waals surface area contributed by atoms with Crippen LogP contribution >= 0.6 is 7.26 Å². The lowest BCUT2D eigenvalue weighted by atomic mass is 10.0. The summed E-state index contributed by atoms with van der Waals surface area (Å²) >= 11 is 0. The third-order valence-corrected chi connectivity index (χ3v) is 11.8. The molecule has 0 nitrogen and oxygen atoms in total. The van der Waals surface area contributed by atoms with E-state index in [-0.39, 0.29) is 0 Å². The van der Waals surface area contributed by atoms with E-state index in [0.29, 0.717) is 0 Å². The van der Waals surface area contributed by atoms with Crippen molar-refractivity contribution in [3.63, 3.8) is 0 Å². The molecular formula is C26H56P+. The second kappa shape index (κ2) is 21.1. The maximum atomic E-state index is 2.41. The van der Waals surface area contributed by atoms with Gasteiger partial charge < -0.3 is 0 Å². The SMILES string of the molecule is CCCCCCCCCCCCCCCCC[P+](CCC)(CCC)CCC. The van der Waals surface area contributed by atoms with Crippen molar-refractivity contribution in [1.29, 1.82) is 0 Å². The van der Waals surface area contributed by atoms with Crippen LogP contribution < -0.4 is 0 Å². The lowest BCUT2D eigenvalue weighted by Crippen LogP contribution is -2.11. The molecule has 0 radical (unpaired) electrons. The van der Waals surface area contributed by atoms with Crippen molar-refractivity contribution in [1.82, 2.24) is 0 Å². The fourth-order valence-corrected chi connectivity index (χ4v) is 9.99. The standard InChI is InChI=1S/C26H56P/c1-5-9-10-11-12-13-14-15-16-17-18-19-20-21-22-26-27(23-6-2,24-7-3)25-8-4/h5-26H2,1-4H3/q+1. The number of rotatable bonds is 22. The molecular weight excluding hydrogens is 343 g/mol. The second-order valence-corrected chi connectivity index (χ2v) is 13.7. The molecule has 0 saturated carbocycles. The maximum Gasteiger partial charge on any atom is 0.0594 e. The van der Waals surface area contributed by atoms with Gasteiger partial charge in [0.05, 0.1) is 24.6 Å². The Morgan fingerprint density at radius 2 is 0.593 bits per heavy atom. The van der Waals surface area contributed by atoms with E-state index in [1.165, 1.54) is 116 Å². The summed E-state index contributed by atoms with van der Waals surface area (Å²) in [6.45, 7) is 9.53. The molecule has 27 heavy (non-hydrogen) atoms. The zero-order chi connectivity index (χ0) is 20.1. The van der Waals surface area contributed by atoms with Crippen molar-refractivity contribution in [3.05, 3.63) is 0 Å². The molecule has 0 aliphatic heterocycles. The smallest absolute Gasteiger partial charge is 0.0594 e. The van der Waals surface area contributed by atoms with Crippen molar-refractivity contribution >= 4 is 7.26 Å². The van der Waals surface area contributed by atoms with E-state index in [0.717, 1.165) is 0 Å². The monoisotopic (exact) mass is 399 g/mol. The van der Waals surface area contributed by atoms with E-state index in [1.54, 1.807) is 24.6 Å². The summed E-state index contributed by atoms with van der Waals surface area (Å²) < 4.78 is 0. The predicted octanol–water partition coefficient (Wildman–Crippen LogP) is 10.1. The highest BCUT2D eigenvalue weighted by Gasteiger charge is 2.33. The highest BCUT2D eigenvalue weighted by atomic mass is 31.2. The molecule has 0 aromatic rings. The molecule has 0 aliphatic carbocycles. The quantitative estimate of drug-likeness (QED) is 0.125. The lowest BCUT2D eigenvalue weighted by molar-refractivity contribution is 0.534. The summed E-state index contributed by atoms with van der Waals surface area (Å²) in [6, 6.07) is 0. The van der Waals surface area contributed by atoms with Crippen LogP contribution in [0, 0.1) is 0 Å². The van der Waals surface area contributed by atoms with Crippen LogP contribution in [0.1, 0.15) is 143 Å². The lowest BCUT2D eigenvalue weighted by Gasteiger charge is -2.27. The molecule has 0 heterocycles. The highest BCUT2D eigenvalue weighted by molar-refractivity contribution is 7.75. The molecule has 164 valence electrons. The van der Waals surface area contributed by atoms with Crippen LogP contribution in [0.2, 0.25) is 0 Å². The van der Waals surface area contributed by atoms with Crippen molar-refractivity contribution in [2.24, 2.45) is 0 Å². The van der Waals surface area contributed by atoms with Crippen LogP contribution in [-0.2, 0) is 0 Å². The molecule has 0 amide bonds. The molecule has 0 N–H and O–H groups in total. The van der Waals surface area contributed by atoms with E-state index >= 15 is 0 Å². The third-order valence-electron chi connectivity index (χ3n) is 6.33. The summed E-state index contributed by atoms with van der Waals surface area (Å²) in [5.41, 5.74) is 0. The Morgan fingerprint density at radius 3 is 0.889 bits per heavy atom. The first kappa shape index (κ1) is 27.4. The fraction of sp³-hybridized carbons (Fsp3) is 1.00. The molecule has 0 atom stereocenters. The maximum absolute atomic E-state index is 2.41. The zero-order valence-electron chi connectivity index (χ0n) is 20.0. The van der Waals surface area contributed by atoms with Crippen LogP contribution in [0.4, 0.5) is 0 Å². The minimum Gasteiger partial charge on any atom is -0.0654 e.